The van der Waals surface area contributed by atoms with E-state index in [-0.39, 0.29) is 35.6 Å². The van der Waals surface area contributed by atoms with Crippen LogP contribution in [0.3, 0.4) is 0 Å². The molecule has 5 heteroatoms. The van der Waals surface area contributed by atoms with Crippen molar-refractivity contribution >= 4 is 8.25 Å². The Kier molecular flexibility index (Phi) is 11.4. The summed E-state index contributed by atoms with van der Waals surface area (Å²) in [5, 5.41) is 0. The topological polar surface area (TPSA) is 46.5 Å². The second kappa shape index (κ2) is 7.21. The van der Waals surface area contributed by atoms with Crippen LogP contribution in [0.1, 0.15) is 6.92 Å². The van der Waals surface area contributed by atoms with E-state index < -0.39 is 8.25 Å². The van der Waals surface area contributed by atoms with Crippen molar-refractivity contribution in [1.29, 1.82) is 0 Å². The van der Waals surface area contributed by atoms with Gasteiger partial charge in [0, 0.05) is 40.2 Å². The van der Waals surface area contributed by atoms with Crippen molar-refractivity contribution in [1.82, 2.24) is 0 Å². The summed E-state index contributed by atoms with van der Waals surface area (Å²) < 4.78 is 13.6. The Hall–Kier alpha value is 1.21. The summed E-state index contributed by atoms with van der Waals surface area (Å²) >= 11 is 0. The molecule has 1 unspecified atom stereocenters. The fraction of sp³-hybridized carbons (Fsp3) is 1.00. The van der Waals surface area contributed by atoms with Gasteiger partial charge in [-0.15, -0.1) is 9.42 Å². The SMILES string of the molecule is CCO[P+](=O)O.[La]. The average molecular weight is 248 g/mol. The molecule has 0 aliphatic carbocycles. The Morgan fingerprint density at radius 2 is 2.29 bits per heavy atom. The zero-order valence-corrected chi connectivity index (χ0v) is 8.52. The average Bonchev–Trinajstić information content (AvgIpc) is 1.35. The van der Waals surface area contributed by atoms with Gasteiger partial charge in [0.1, 0.15) is 6.61 Å². The Bertz CT molecular complexity index is 56.9. The van der Waals surface area contributed by atoms with Gasteiger partial charge in [0.05, 0.1) is 0 Å². The summed E-state index contributed by atoms with van der Waals surface area (Å²) in [6.07, 6.45) is 0. The van der Waals surface area contributed by atoms with Crippen LogP contribution in [0.4, 0.5) is 0 Å². The van der Waals surface area contributed by atoms with Crippen LogP contribution in [0.15, 0.2) is 0 Å². The quantitative estimate of drug-likeness (QED) is 0.730. The molecular formula is C2H6LaO3P+. The molecule has 0 aromatic rings. The third-order valence-electron chi connectivity index (χ3n) is 0.240. The third kappa shape index (κ3) is 11.0. The van der Waals surface area contributed by atoms with Gasteiger partial charge in [0.25, 0.3) is 0 Å². The van der Waals surface area contributed by atoms with Gasteiger partial charge in [-0.2, -0.15) is 0 Å². The molecule has 0 heterocycles. The fourth-order valence-electron chi connectivity index (χ4n) is 0.110. The minimum absolute atomic E-state index is 0. The van der Waals surface area contributed by atoms with E-state index >= 15 is 0 Å². The van der Waals surface area contributed by atoms with Crippen LogP contribution in [0, 0.1) is 35.6 Å². The van der Waals surface area contributed by atoms with Gasteiger partial charge in [-0.25, -0.2) is 0 Å². The van der Waals surface area contributed by atoms with Crippen molar-refractivity contribution in [3.05, 3.63) is 0 Å². The van der Waals surface area contributed by atoms with Crippen molar-refractivity contribution in [3.8, 4) is 0 Å². The zero-order valence-electron chi connectivity index (χ0n) is 4.00. The van der Waals surface area contributed by atoms with E-state index in [1.807, 2.05) is 0 Å². The summed E-state index contributed by atoms with van der Waals surface area (Å²) in [6, 6.07) is 0. The first-order valence-corrected chi connectivity index (χ1v) is 2.69. The number of hydrogen-bond acceptors (Lipinski definition) is 2. The van der Waals surface area contributed by atoms with Crippen LogP contribution < -0.4 is 0 Å². The largest absolute Gasteiger partial charge is 0.694 e. The maximum atomic E-state index is 9.53. The first kappa shape index (κ1) is 11.1. The van der Waals surface area contributed by atoms with Gasteiger partial charge in [-0.3, -0.25) is 0 Å². The predicted octanol–water partition coefficient (Wildman–Crippen LogP) is 0.673. The van der Waals surface area contributed by atoms with Gasteiger partial charge < -0.3 is 0 Å². The number of rotatable bonds is 2. The van der Waals surface area contributed by atoms with Gasteiger partial charge in [-0.1, -0.05) is 0 Å². The third-order valence-corrected chi connectivity index (χ3v) is 0.719. The molecule has 0 aliphatic heterocycles. The van der Waals surface area contributed by atoms with Crippen molar-refractivity contribution in [2.75, 3.05) is 6.61 Å². The normalized spacial score (nSPS) is 9.71. The van der Waals surface area contributed by atoms with Crippen LogP contribution in [0.2, 0.25) is 0 Å². The Labute approximate surface area is 71.0 Å². The first-order chi connectivity index (χ1) is 2.77. The molecule has 0 saturated heterocycles. The predicted molar refractivity (Wildman–Crippen MR) is 21.5 cm³/mol. The molecular weight excluding hydrogens is 242 g/mol. The molecule has 0 saturated carbocycles. The van der Waals surface area contributed by atoms with Crippen molar-refractivity contribution in [2.24, 2.45) is 0 Å². The van der Waals surface area contributed by atoms with E-state index in [1.54, 1.807) is 6.92 Å². The second-order valence-electron chi connectivity index (χ2n) is 0.656. The van der Waals surface area contributed by atoms with E-state index in [0.29, 0.717) is 6.61 Å². The first-order valence-electron chi connectivity index (χ1n) is 1.56. The van der Waals surface area contributed by atoms with E-state index in [9.17, 15) is 4.57 Å². The summed E-state index contributed by atoms with van der Waals surface area (Å²) in [7, 11) is -2.35. The molecule has 1 N–H and O–H groups in total. The van der Waals surface area contributed by atoms with Gasteiger partial charge >= 0.3 is 8.25 Å². The van der Waals surface area contributed by atoms with Gasteiger partial charge in [0.2, 0.25) is 0 Å². The molecule has 0 aromatic carbocycles. The summed E-state index contributed by atoms with van der Waals surface area (Å²) in [6.45, 7) is 1.95. The fourth-order valence-corrected chi connectivity index (χ4v) is 0.331. The molecule has 0 rings (SSSR count). The molecule has 1 atom stereocenters. The van der Waals surface area contributed by atoms with Crippen LogP contribution in [-0.2, 0) is 9.09 Å². The Balaban J connectivity index is 0. The molecule has 39 valence electrons. The van der Waals surface area contributed by atoms with Gasteiger partial charge in [0.15, 0.2) is 0 Å². The van der Waals surface area contributed by atoms with Crippen LogP contribution in [0.25, 0.3) is 0 Å². The Morgan fingerprint density at radius 3 is 2.29 bits per heavy atom. The van der Waals surface area contributed by atoms with Crippen LogP contribution >= 0.6 is 8.25 Å². The molecule has 7 heavy (non-hydrogen) atoms. The number of hydrogen-bond donors (Lipinski definition) is 1. The molecule has 0 fully saturated rings. The smallest absolute Gasteiger partial charge is 0.133 e. The van der Waals surface area contributed by atoms with Gasteiger partial charge in [-0.05, 0) is 6.92 Å². The maximum Gasteiger partial charge on any atom is 0.694 e. The zero-order chi connectivity index (χ0) is 4.99. The van der Waals surface area contributed by atoms with Crippen molar-refractivity contribution < 1.29 is 49.6 Å². The van der Waals surface area contributed by atoms with Crippen LogP contribution in [0.5, 0.6) is 0 Å². The Morgan fingerprint density at radius 1 is 1.86 bits per heavy atom. The van der Waals surface area contributed by atoms with E-state index in [4.69, 9.17) is 4.89 Å². The standard InChI is InChI=1S/C2H5O3P.La/c1-2-5-6(3)4;/h2H2,1H3;/p+1. The summed E-state index contributed by atoms with van der Waals surface area (Å²) in [4.78, 5) is 7.84. The van der Waals surface area contributed by atoms with Crippen molar-refractivity contribution in [3.63, 3.8) is 0 Å². The molecule has 0 aromatic heterocycles. The maximum absolute atomic E-state index is 9.53. The van der Waals surface area contributed by atoms with E-state index in [0.717, 1.165) is 0 Å². The molecule has 0 bridgehead atoms. The molecule has 0 spiro atoms. The monoisotopic (exact) mass is 248 g/mol. The molecule has 3 nitrogen and oxygen atoms in total. The molecule has 0 aliphatic rings. The summed E-state index contributed by atoms with van der Waals surface area (Å²) in [5.74, 6) is 0. The molecule has 1 radical (unpaired) electrons. The van der Waals surface area contributed by atoms with Crippen molar-refractivity contribution in [2.45, 2.75) is 6.92 Å². The minimum atomic E-state index is -2.35. The van der Waals surface area contributed by atoms with E-state index in [1.165, 1.54) is 0 Å². The second-order valence-corrected chi connectivity index (χ2v) is 1.39. The molecule has 0 amide bonds. The van der Waals surface area contributed by atoms with Crippen LogP contribution in [-0.4, -0.2) is 11.5 Å². The summed E-state index contributed by atoms with van der Waals surface area (Å²) in [5.41, 5.74) is 0. The minimum Gasteiger partial charge on any atom is -0.133 e. The van der Waals surface area contributed by atoms with E-state index in [2.05, 4.69) is 4.52 Å².